The van der Waals surface area contributed by atoms with Crippen molar-refractivity contribution in [2.24, 2.45) is 11.0 Å². The van der Waals surface area contributed by atoms with Gasteiger partial charge in [0, 0.05) is 10.8 Å². The molecule has 1 heterocycles. The Hall–Kier alpha value is -1.59. The number of benzene rings is 1. The van der Waals surface area contributed by atoms with Crippen LogP contribution in [-0.2, 0) is 16.1 Å². The number of aliphatic hydroxyl groups is 1. The SMILES string of the molecule is CCC1OC(O)[C@@H](N=[N+]=[N-])[C@@H](OCc2ccccc2)C1C. The van der Waals surface area contributed by atoms with Crippen LogP contribution < -0.4 is 0 Å². The molecule has 6 heteroatoms. The van der Waals surface area contributed by atoms with Crippen molar-refractivity contribution in [3.05, 3.63) is 46.3 Å². The van der Waals surface area contributed by atoms with E-state index in [0.717, 1.165) is 12.0 Å². The smallest absolute Gasteiger partial charge is 0.165 e. The summed E-state index contributed by atoms with van der Waals surface area (Å²) in [7, 11) is 0. The summed E-state index contributed by atoms with van der Waals surface area (Å²) in [6.45, 7) is 4.40. The summed E-state index contributed by atoms with van der Waals surface area (Å²) >= 11 is 0. The average molecular weight is 291 g/mol. The van der Waals surface area contributed by atoms with E-state index in [2.05, 4.69) is 10.0 Å². The molecular formula is C15H21N3O3. The second-order valence-corrected chi connectivity index (χ2v) is 5.29. The second-order valence-electron chi connectivity index (χ2n) is 5.29. The fourth-order valence-corrected chi connectivity index (χ4v) is 2.74. The van der Waals surface area contributed by atoms with Crippen LogP contribution in [0.3, 0.4) is 0 Å². The Bertz CT molecular complexity index is 490. The van der Waals surface area contributed by atoms with E-state index in [4.69, 9.17) is 15.0 Å². The first kappa shape index (κ1) is 15.8. The molecule has 2 rings (SSSR count). The van der Waals surface area contributed by atoms with Gasteiger partial charge in [-0.15, -0.1) is 0 Å². The van der Waals surface area contributed by atoms with Gasteiger partial charge in [0.25, 0.3) is 0 Å². The zero-order valence-corrected chi connectivity index (χ0v) is 12.3. The number of nitrogens with zero attached hydrogens (tertiary/aromatic N) is 3. The van der Waals surface area contributed by atoms with Gasteiger partial charge < -0.3 is 14.6 Å². The third-order valence-electron chi connectivity index (χ3n) is 3.92. The lowest BCUT2D eigenvalue weighted by Gasteiger charge is -2.42. The molecular weight excluding hydrogens is 270 g/mol. The van der Waals surface area contributed by atoms with Gasteiger partial charge in [0.05, 0.1) is 18.8 Å². The highest BCUT2D eigenvalue weighted by Crippen LogP contribution is 2.31. The minimum absolute atomic E-state index is 0.0395. The first-order valence-electron chi connectivity index (χ1n) is 7.20. The highest BCUT2D eigenvalue weighted by atomic mass is 16.6. The van der Waals surface area contributed by atoms with E-state index < -0.39 is 12.3 Å². The van der Waals surface area contributed by atoms with Crippen LogP contribution in [0.4, 0.5) is 0 Å². The standard InChI is InChI=1S/C15H21N3O3/c1-3-12-10(2)14(13(17-18-16)15(19)21-12)20-9-11-7-5-4-6-8-11/h4-8,10,12-15,19H,3,9H2,1-2H3/t10?,12?,13-,14-,15?/m0/s1. The number of rotatable bonds is 5. The van der Waals surface area contributed by atoms with Crippen molar-refractivity contribution in [2.45, 2.75) is 51.4 Å². The number of azide groups is 1. The fraction of sp³-hybridized carbons (Fsp3) is 0.600. The predicted molar refractivity (Wildman–Crippen MR) is 78.3 cm³/mol. The van der Waals surface area contributed by atoms with Crippen LogP contribution >= 0.6 is 0 Å². The summed E-state index contributed by atoms with van der Waals surface area (Å²) in [4.78, 5) is 2.81. The molecule has 3 unspecified atom stereocenters. The summed E-state index contributed by atoms with van der Waals surface area (Å²) in [5.74, 6) is 0.0395. The summed E-state index contributed by atoms with van der Waals surface area (Å²) in [6.07, 6.45) is -0.824. The minimum atomic E-state index is -1.12. The molecule has 6 nitrogen and oxygen atoms in total. The third kappa shape index (κ3) is 3.74. The summed E-state index contributed by atoms with van der Waals surface area (Å²) in [6, 6.07) is 9.05. The fourth-order valence-electron chi connectivity index (χ4n) is 2.74. The molecule has 0 radical (unpaired) electrons. The maximum absolute atomic E-state index is 10.0. The Balaban J connectivity index is 2.11. The first-order valence-corrected chi connectivity index (χ1v) is 7.20. The number of hydrogen-bond acceptors (Lipinski definition) is 4. The Morgan fingerprint density at radius 3 is 2.71 bits per heavy atom. The van der Waals surface area contributed by atoms with E-state index in [-0.39, 0.29) is 18.1 Å². The van der Waals surface area contributed by atoms with E-state index >= 15 is 0 Å². The lowest BCUT2D eigenvalue weighted by Crippen LogP contribution is -2.53. The predicted octanol–water partition coefficient (Wildman–Crippen LogP) is 3.01. The molecule has 1 aliphatic heterocycles. The molecule has 0 spiro atoms. The first-order chi connectivity index (χ1) is 10.2. The van der Waals surface area contributed by atoms with Gasteiger partial charge in [-0.2, -0.15) is 0 Å². The number of aliphatic hydroxyl groups excluding tert-OH is 1. The van der Waals surface area contributed by atoms with E-state index in [9.17, 15) is 5.11 Å². The van der Waals surface area contributed by atoms with Crippen LogP contribution in [0.1, 0.15) is 25.8 Å². The van der Waals surface area contributed by atoms with E-state index in [1.807, 2.05) is 44.2 Å². The van der Waals surface area contributed by atoms with Gasteiger partial charge in [-0.05, 0) is 17.5 Å². The summed E-state index contributed by atoms with van der Waals surface area (Å²) in [5, 5.41) is 13.7. The van der Waals surface area contributed by atoms with Gasteiger partial charge in [0.2, 0.25) is 0 Å². The topological polar surface area (TPSA) is 87.5 Å². The Morgan fingerprint density at radius 2 is 2.10 bits per heavy atom. The van der Waals surface area contributed by atoms with Crippen molar-refractivity contribution in [3.63, 3.8) is 0 Å². The van der Waals surface area contributed by atoms with Crippen LogP contribution in [-0.4, -0.2) is 29.6 Å². The largest absolute Gasteiger partial charge is 0.373 e. The van der Waals surface area contributed by atoms with Gasteiger partial charge in [0.1, 0.15) is 6.04 Å². The molecule has 5 atom stereocenters. The van der Waals surface area contributed by atoms with Crippen LogP contribution in [0.15, 0.2) is 35.4 Å². The molecule has 1 N–H and O–H groups in total. The molecule has 0 aromatic heterocycles. The highest BCUT2D eigenvalue weighted by molar-refractivity contribution is 5.13. The van der Waals surface area contributed by atoms with Crippen LogP contribution in [0, 0.1) is 5.92 Å². The number of ether oxygens (including phenoxy) is 2. The highest BCUT2D eigenvalue weighted by Gasteiger charge is 2.42. The van der Waals surface area contributed by atoms with Gasteiger partial charge >= 0.3 is 0 Å². The normalized spacial score (nSPS) is 32.4. The molecule has 1 aliphatic rings. The lowest BCUT2D eigenvalue weighted by atomic mass is 9.88. The molecule has 1 aromatic rings. The van der Waals surface area contributed by atoms with Crippen molar-refractivity contribution < 1.29 is 14.6 Å². The number of hydrogen-bond donors (Lipinski definition) is 1. The Kier molecular flexibility index (Phi) is 5.59. The van der Waals surface area contributed by atoms with Crippen molar-refractivity contribution >= 4 is 0 Å². The van der Waals surface area contributed by atoms with Crippen molar-refractivity contribution in [1.29, 1.82) is 0 Å². The van der Waals surface area contributed by atoms with Gasteiger partial charge in [-0.3, -0.25) is 0 Å². The summed E-state index contributed by atoms with van der Waals surface area (Å²) < 4.78 is 11.4. The van der Waals surface area contributed by atoms with Crippen molar-refractivity contribution in [1.82, 2.24) is 0 Å². The molecule has 0 amide bonds. The molecule has 21 heavy (non-hydrogen) atoms. The molecule has 0 bridgehead atoms. The molecule has 1 fully saturated rings. The molecule has 0 aliphatic carbocycles. The lowest BCUT2D eigenvalue weighted by molar-refractivity contribution is -0.233. The van der Waals surface area contributed by atoms with Gasteiger partial charge in [-0.25, -0.2) is 0 Å². The second kappa shape index (κ2) is 7.43. The van der Waals surface area contributed by atoms with Crippen molar-refractivity contribution in [2.75, 3.05) is 0 Å². The monoisotopic (exact) mass is 291 g/mol. The molecule has 1 aromatic carbocycles. The maximum atomic E-state index is 10.0. The van der Waals surface area contributed by atoms with E-state index in [1.165, 1.54) is 0 Å². The zero-order valence-electron chi connectivity index (χ0n) is 12.3. The Morgan fingerprint density at radius 1 is 1.38 bits per heavy atom. The van der Waals surface area contributed by atoms with Crippen molar-refractivity contribution in [3.8, 4) is 0 Å². The van der Waals surface area contributed by atoms with E-state index in [1.54, 1.807) is 0 Å². The van der Waals surface area contributed by atoms with Gasteiger partial charge in [-0.1, -0.05) is 49.3 Å². The molecule has 114 valence electrons. The van der Waals surface area contributed by atoms with Crippen LogP contribution in [0.25, 0.3) is 10.4 Å². The third-order valence-corrected chi connectivity index (χ3v) is 3.92. The Labute approximate surface area is 124 Å². The average Bonchev–Trinajstić information content (AvgIpc) is 2.51. The zero-order chi connectivity index (χ0) is 15.2. The maximum Gasteiger partial charge on any atom is 0.165 e. The minimum Gasteiger partial charge on any atom is -0.373 e. The van der Waals surface area contributed by atoms with Gasteiger partial charge in [0.15, 0.2) is 6.29 Å². The molecule has 0 saturated carbocycles. The van der Waals surface area contributed by atoms with E-state index in [0.29, 0.717) is 6.61 Å². The summed E-state index contributed by atoms with van der Waals surface area (Å²) in [5.41, 5.74) is 9.72. The van der Waals surface area contributed by atoms with Crippen LogP contribution in [0.2, 0.25) is 0 Å². The molecule has 1 saturated heterocycles. The quantitative estimate of drug-likeness (QED) is 0.514. The van der Waals surface area contributed by atoms with Crippen LogP contribution in [0.5, 0.6) is 0 Å².